The average Bonchev–Trinajstić information content (AvgIpc) is 2.50. The van der Waals surface area contributed by atoms with Gasteiger partial charge in [0.15, 0.2) is 0 Å². The van der Waals surface area contributed by atoms with Crippen LogP contribution in [0.15, 0.2) is 24.3 Å². The first-order chi connectivity index (χ1) is 10.9. The number of amides is 2. The molecule has 0 fully saturated rings. The maximum atomic E-state index is 12.9. The molecule has 4 heteroatoms. The second-order valence-electron chi connectivity index (χ2n) is 7.17. The van der Waals surface area contributed by atoms with Crippen LogP contribution in [0, 0.1) is 11.8 Å². The lowest BCUT2D eigenvalue weighted by Crippen LogP contribution is -2.52. The van der Waals surface area contributed by atoms with Crippen molar-refractivity contribution < 1.29 is 9.59 Å². The molecule has 1 aliphatic heterocycles. The Bertz CT molecular complexity index is 566. The van der Waals surface area contributed by atoms with Gasteiger partial charge in [-0.05, 0) is 29.4 Å². The molecule has 0 radical (unpaired) electrons. The highest BCUT2D eigenvalue weighted by Gasteiger charge is 2.30. The van der Waals surface area contributed by atoms with Gasteiger partial charge in [-0.1, -0.05) is 52.0 Å². The van der Waals surface area contributed by atoms with Gasteiger partial charge in [-0.25, -0.2) is 0 Å². The number of nitrogens with one attached hydrogen (secondary N) is 1. The molecule has 1 aromatic rings. The summed E-state index contributed by atoms with van der Waals surface area (Å²) in [7, 11) is 0. The molecule has 0 spiro atoms. The largest absolute Gasteiger partial charge is 0.344 e. The monoisotopic (exact) mass is 316 g/mol. The summed E-state index contributed by atoms with van der Waals surface area (Å²) in [6.07, 6.45) is 1.34. The summed E-state index contributed by atoms with van der Waals surface area (Å²) in [6.45, 7) is 9.34. The molecule has 1 atom stereocenters. The number of hydrogen-bond acceptors (Lipinski definition) is 2. The Hall–Kier alpha value is -1.84. The number of nitrogens with zero attached hydrogens (tertiary/aromatic N) is 1. The van der Waals surface area contributed by atoms with Crippen molar-refractivity contribution in [3.8, 4) is 0 Å². The Kier molecular flexibility index (Phi) is 5.80. The molecule has 1 heterocycles. The zero-order valence-corrected chi connectivity index (χ0v) is 14.6. The molecule has 0 bridgehead atoms. The molecule has 2 amide bonds. The van der Waals surface area contributed by atoms with Crippen LogP contribution >= 0.6 is 0 Å². The smallest absolute Gasteiger partial charge is 0.245 e. The van der Waals surface area contributed by atoms with Gasteiger partial charge in [0.25, 0.3) is 0 Å². The van der Waals surface area contributed by atoms with Crippen molar-refractivity contribution in [2.75, 3.05) is 6.54 Å². The predicted molar refractivity (Wildman–Crippen MR) is 91.8 cm³/mol. The predicted octanol–water partition coefficient (Wildman–Crippen LogP) is 2.76. The summed E-state index contributed by atoms with van der Waals surface area (Å²) < 4.78 is 0. The SMILES string of the molecule is CC(C)CC(=O)N[C@@H](C(=O)N1CCc2ccccc2C1)C(C)C. The minimum absolute atomic E-state index is 0.0339. The first kappa shape index (κ1) is 17.5. The highest BCUT2D eigenvalue weighted by atomic mass is 16.2. The van der Waals surface area contributed by atoms with Crippen LogP contribution in [0.5, 0.6) is 0 Å². The lowest BCUT2D eigenvalue weighted by Gasteiger charge is -2.33. The Morgan fingerprint density at radius 1 is 1.13 bits per heavy atom. The molecule has 1 aliphatic rings. The van der Waals surface area contributed by atoms with Crippen LogP contribution in [0.4, 0.5) is 0 Å². The third-order valence-electron chi connectivity index (χ3n) is 4.29. The van der Waals surface area contributed by atoms with E-state index < -0.39 is 6.04 Å². The summed E-state index contributed by atoms with van der Waals surface area (Å²) >= 11 is 0. The minimum atomic E-state index is -0.438. The first-order valence-electron chi connectivity index (χ1n) is 8.53. The van der Waals surface area contributed by atoms with Gasteiger partial charge in [-0.15, -0.1) is 0 Å². The van der Waals surface area contributed by atoms with Crippen molar-refractivity contribution in [3.05, 3.63) is 35.4 Å². The van der Waals surface area contributed by atoms with Crippen LogP contribution in [-0.2, 0) is 22.6 Å². The van der Waals surface area contributed by atoms with Crippen molar-refractivity contribution in [2.24, 2.45) is 11.8 Å². The van der Waals surface area contributed by atoms with E-state index in [9.17, 15) is 9.59 Å². The zero-order chi connectivity index (χ0) is 17.0. The second kappa shape index (κ2) is 7.62. The van der Waals surface area contributed by atoms with Gasteiger partial charge < -0.3 is 10.2 Å². The van der Waals surface area contributed by atoms with Gasteiger partial charge in [0.05, 0.1) is 0 Å². The van der Waals surface area contributed by atoms with E-state index in [0.717, 1.165) is 13.0 Å². The molecule has 126 valence electrons. The van der Waals surface area contributed by atoms with E-state index in [0.29, 0.717) is 18.9 Å². The molecule has 4 nitrogen and oxygen atoms in total. The van der Waals surface area contributed by atoms with Crippen molar-refractivity contribution in [2.45, 2.75) is 53.1 Å². The van der Waals surface area contributed by atoms with Crippen molar-refractivity contribution in [1.29, 1.82) is 0 Å². The molecule has 1 N–H and O–H groups in total. The van der Waals surface area contributed by atoms with Crippen LogP contribution in [0.1, 0.15) is 45.2 Å². The minimum Gasteiger partial charge on any atom is -0.344 e. The molecule has 0 aromatic heterocycles. The second-order valence-corrected chi connectivity index (χ2v) is 7.17. The van der Waals surface area contributed by atoms with Crippen LogP contribution in [-0.4, -0.2) is 29.3 Å². The Labute approximate surface area is 139 Å². The van der Waals surface area contributed by atoms with Gasteiger partial charge in [0, 0.05) is 19.5 Å². The molecular weight excluding hydrogens is 288 g/mol. The van der Waals surface area contributed by atoms with E-state index in [2.05, 4.69) is 17.4 Å². The third-order valence-corrected chi connectivity index (χ3v) is 4.29. The summed E-state index contributed by atoms with van der Waals surface area (Å²) in [5.74, 6) is 0.367. The topological polar surface area (TPSA) is 49.4 Å². The van der Waals surface area contributed by atoms with E-state index in [4.69, 9.17) is 0 Å². The zero-order valence-electron chi connectivity index (χ0n) is 14.6. The highest BCUT2D eigenvalue weighted by Crippen LogP contribution is 2.20. The average molecular weight is 316 g/mol. The fourth-order valence-corrected chi connectivity index (χ4v) is 3.00. The first-order valence-corrected chi connectivity index (χ1v) is 8.53. The quantitative estimate of drug-likeness (QED) is 0.908. The molecule has 0 saturated carbocycles. The molecule has 2 rings (SSSR count). The number of carbonyl (C=O) groups excluding carboxylic acids is 2. The van der Waals surface area contributed by atoms with Gasteiger partial charge >= 0.3 is 0 Å². The third kappa shape index (κ3) is 4.57. The normalized spacial score (nSPS) is 15.5. The fraction of sp³-hybridized carbons (Fsp3) is 0.579. The standard InChI is InChI=1S/C19H28N2O2/c1-13(2)11-17(22)20-18(14(3)4)19(23)21-10-9-15-7-5-6-8-16(15)12-21/h5-8,13-14,18H,9-12H2,1-4H3,(H,20,22)/t18-/m1/s1. The van der Waals surface area contributed by atoms with Crippen molar-refractivity contribution >= 4 is 11.8 Å². The lowest BCUT2D eigenvalue weighted by atomic mass is 9.97. The van der Waals surface area contributed by atoms with Crippen LogP contribution in [0.25, 0.3) is 0 Å². The van der Waals surface area contributed by atoms with Crippen LogP contribution in [0.3, 0.4) is 0 Å². The molecular formula is C19H28N2O2. The summed E-state index contributed by atoms with van der Waals surface area (Å²) in [4.78, 5) is 26.8. The Balaban J connectivity index is 2.05. The molecule has 1 aromatic carbocycles. The van der Waals surface area contributed by atoms with Gasteiger partial charge in [-0.2, -0.15) is 0 Å². The van der Waals surface area contributed by atoms with Gasteiger partial charge in [0.2, 0.25) is 11.8 Å². The van der Waals surface area contributed by atoms with Gasteiger partial charge in [0.1, 0.15) is 6.04 Å². The Morgan fingerprint density at radius 2 is 1.78 bits per heavy atom. The van der Waals surface area contributed by atoms with E-state index in [-0.39, 0.29) is 17.7 Å². The number of benzene rings is 1. The summed E-state index contributed by atoms with van der Waals surface area (Å²) in [6, 6.07) is 7.82. The Morgan fingerprint density at radius 3 is 2.39 bits per heavy atom. The van der Waals surface area contributed by atoms with Gasteiger partial charge in [-0.3, -0.25) is 9.59 Å². The summed E-state index contributed by atoms with van der Waals surface area (Å²) in [5.41, 5.74) is 2.53. The summed E-state index contributed by atoms with van der Waals surface area (Å²) in [5, 5.41) is 2.94. The molecule has 0 aliphatic carbocycles. The maximum Gasteiger partial charge on any atom is 0.245 e. The number of rotatable bonds is 5. The number of carbonyl (C=O) groups is 2. The van der Waals surface area contributed by atoms with Crippen LogP contribution in [0.2, 0.25) is 0 Å². The number of fused-ring (bicyclic) bond motifs is 1. The maximum absolute atomic E-state index is 12.9. The van der Waals surface area contributed by atoms with E-state index in [1.54, 1.807) is 0 Å². The molecule has 0 saturated heterocycles. The number of hydrogen-bond donors (Lipinski definition) is 1. The van der Waals surface area contributed by atoms with E-state index >= 15 is 0 Å². The molecule has 0 unspecified atom stereocenters. The lowest BCUT2D eigenvalue weighted by molar-refractivity contribution is -0.138. The van der Waals surface area contributed by atoms with Crippen LogP contribution < -0.4 is 5.32 Å². The van der Waals surface area contributed by atoms with Crippen molar-refractivity contribution in [1.82, 2.24) is 10.2 Å². The highest BCUT2D eigenvalue weighted by molar-refractivity contribution is 5.88. The van der Waals surface area contributed by atoms with E-state index in [1.165, 1.54) is 11.1 Å². The fourth-order valence-electron chi connectivity index (χ4n) is 3.00. The van der Waals surface area contributed by atoms with Crippen molar-refractivity contribution in [3.63, 3.8) is 0 Å². The molecule has 23 heavy (non-hydrogen) atoms. The van der Waals surface area contributed by atoms with E-state index in [1.807, 2.05) is 44.7 Å².